The van der Waals surface area contributed by atoms with Crippen LogP contribution in [0.2, 0.25) is 0 Å². The van der Waals surface area contributed by atoms with E-state index in [4.69, 9.17) is 10.5 Å². The van der Waals surface area contributed by atoms with Crippen molar-refractivity contribution < 1.29 is 27.4 Å². The number of benzene rings is 3. The molecule has 3 aromatic rings. The van der Waals surface area contributed by atoms with Gasteiger partial charge in [0.25, 0.3) is 5.91 Å². The average molecular weight is 387 g/mol. The summed E-state index contributed by atoms with van der Waals surface area (Å²) in [6.45, 7) is 0.355. The van der Waals surface area contributed by atoms with Gasteiger partial charge in [0.1, 0.15) is 18.1 Å². The number of primary amides is 1. The van der Waals surface area contributed by atoms with Crippen molar-refractivity contribution in [3.63, 3.8) is 0 Å². The van der Waals surface area contributed by atoms with Gasteiger partial charge >= 0.3 is 6.36 Å². The first-order chi connectivity index (χ1) is 13.3. The summed E-state index contributed by atoms with van der Waals surface area (Å²) in [6.07, 6.45) is -4.94. The minimum Gasteiger partial charge on any atom is -0.489 e. The summed E-state index contributed by atoms with van der Waals surface area (Å²) >= 11 is 0. The Balaban J connectivity index is 1.86. The summed E-state index contributed by atoms with van der Waals surface area (Å²) in [7, 11) is 0. The molecule has 2 N–H and O–H groups in total. The second kappa shape index (κ2) is 8.04. The molecule has 0 unspecified atom stereocenters. The molecular formula is C21H16F3NO3. The van der Waals surface area contributed by atoms with Crippen LogP contribution >= 0.6 is 0 Å². The highest BCUT2D eigenvalue weighted by molar-refractivity contribution is 5.96. The highest BCUT2D eigenvalue weighted by Crippen LogP contribution is 2.32. The quantitative estimate of drug-likeness (QED) is 0.652. The minimum atomic E-state index is -4.94. The van der Waals surface area contributed by atoms with E-state index in [0.717, 1.165) is 11.6 Å². The number of hydrogen-bond donors (Lipinski definition) is 1. The van der Waals surface area contributed by atoms with Crippen molar-refractivity contribution in [3.8, 4) is 22.6 Å². The van der Waals surface area contributed by atoms with Crippen LogP contribution in [0.15, 0.2) is 72.8 Å². The number of ether oxygens (including phenoxy) is 2. The molecule has 0 aliphatic rings. The van der Waals surface area contributed by atoms with E-state index in [1.54, 1.807) is 24.3 Å². The van der Waals surface area contributed by atoms with Gasteiger partial charge < -0.3 is 15.2 Å². The van der Waals surface area contributed by atoms with Crippen molar-refractivity contribution in [1.82, 2.24) is 0 Å². The van der Waals surface area contributed by atoms with Crippen LogP contribution in [0, 0.1) is 0 Å². The number of halogens is 3. The standard InChI is InChI=1S/C21H16F3NO3/c22-21(23,24)28-19-12-16(9-10-18(19)20(25)26)15-7-4-8-17(11-15)27-13-14-5-2-1-3-6-14/h1-12H,13H2,(H2,25,26). The van der Waals surface area contributed by atoms with E-state index in [1.807, 2.05) is 30.3 Å². The van der Waals surface area contributed by atoms with Gasteiger partial charge in [0, 0.05) is 0 Å². The van der Waals surface area contributed by atoms with Gasteiger partial charge in [-0.25, -0.2) is 0 Å². The van der Waals surface area contributed by atoms with Gasteiger partial charge in [-0.05, 0) is 41.0 Å². The van der Waals surface area contributed by atoms with Gasteiger partial charge in [-0.1, -0.05) is 48.5 Å². The molecule has 0 radical (unpaired) electrons. The maximum absolute atomic E-state index is 12.7. The number of carbonyl (C=O) groups is 1. The first kappa shape index (κ1) is 19.3. The Morgan fingerprint density at radius 3 is 2.29 bits per heavy atom. The van der Waals surface area contributed by atoms with Crippen LogP contribution in [0.4, 0.5) is 13.2 Å². The van der Waals surface area contributed by atoms with Crippen LogP contribution < -0.4 is 15.2 Å². The molecule has 0 aromatic heterocycles. The molecule has 0 aliphatic heterocycles. The fraction of sp³-hybridized carbons (Fsp3) is 0.0952. The Hall–Kier alpha value is -3.48. The Kier molecular flexibility index (Phi) is 5.54. The van der Waals surface area contributed by atoms with E-state index in [-0.39, 0.29) is 5.56 Å². The lowest BCUT2D eigenvalue weighted by molar-refractivity contribution is -0.274. The third-order valence-corrected chi connectivity index (χ3v) is 3.89. The van der Waals surface area contributed by atoms with Crippen molar-refractivity contribution in [2.45, 2.75) is 13.0 Å². The number of amides is 1. The zero-order valence-electron chi connectivity index (χ0n) is 14.6. The Morgan fingerprint density at radius 1 is 0.893 bits per heavy atom. The Bertz CT molecular complexity index is 972. The molecule has 3 aromatic carbocycles. The van der Waals surface area contributed by atoms with Crippen molar-refractivity contribution in [1.29, 1.82) is 0 Å². The second-order valence-electron chi connectivity index (χ2n) is 5.93. The van der Waals surface area contributed by atoms with E-state index in [2.05, 4.69) is 4.74 Å². The molecular weight excluding hydrogens is 371 g/mol. The summed E-state index contributed by atoms with van der Waals surface area (Å²) in [5, 5.41) is 0. The van der Waals surface area contributed by atoms with E-state index in [9.17, 15) is 18.0 Å². The van der Waals surface area contributed by atoms with Crippen molar-refractivity contribution in [3.05, 3.63) is 83.9 Å². The molecule has 0 atom stereocenters. The fourth-order valence-electron chi connectivity index (χ4n) is 2.62. The lowest BCUT2D eigenvalue weighted by atomic mass is 10.0. The summed E-state index contributed by atoms with van der Waals surface area (Å²) in [5.41, 5.74) is 6.80. The van der Waals surface area contributed by atoms with E-state index in [0.29, 0.717) is 23.5 Å². The number of alkyl halides is 3. The number of nitrogens with two attached hydrogens (primary N) is 1. The monoisotopic (exact) mass is 387 g/mol. The summed E-state index contributed by atoms with van der Waals surface area (Å²) in [5.74, 6) is -1.10. The van der Waals surface area contributed by atoms with Gasteiger partial charge in [0.2, 0.25) is 0 Å². The second-order valence-corrected chi connectivity index (χ2v) is 5.93. The molecule has 7 heteroatoms. The zero-order chi connectivity index (χ0) is 20.1. The molecule has 3 rings (SSSR count). The number of hydrogen-bond acceptors (Lipinski definition) is 3. The maximum Gasteiger partial charge on any atom is 0.573 e. The largest absolute Gasteiger partial charge is 0.573 e. The van der Waals surface area contributed by atoms with Crippen LogP contribution in [0.25, 0.3) is 11.1 Å². The van der Waals surface area contributed by atoms with Gasteiger partial charge in [-0.15, -0.1) is 13.2 Å². The lowest BCUT2D eigenvalue weighted by Crippen LogP contribution is -2.21. The molecule has 0 saturated carbocycles. The fourth-order valence-corrected chi connectivity index (χ4v) is 2.62. The molecule has 0 bridgehead atoms. The predicted molar refractivity (Wildman–Crippen MR) is 97.9 cm³/mol. The smallest absolute Gasteiger partial charge is 0.489 e. The first-order valence-corrected chi connectivity index (χ1v) is 8.28. The third kappa shape index (κ3) is 5.03. The van der Waals surface area contributed by atoms with Crippen LogP contribution in [-0.2, 0) is 6.61 Å². The number of rotatable bonds is 6. The first-order valence-electron chi connectivity index (χ1n) is 8.28. The third-order valence-electron chi connectivity index (χ3n) is 3.89. The Labute approximate surface area is 159 Å². The molecule has 28 heavy (non-hydrogen) atoms. The van der Waals surface area contributed by atoms with Crippen LogP contribution in [-0.4, -0.2) is 12.3 Å². The predicted octanol–water partition coefficient (Wildman–Crippen LogP) is 4.93. The molecule has 0 spiro atoms. The summed E-state index contributed by atoms with van der Waals surface area (Å²) in [6, 6.07) is 20.3. The van der Waals surface area contributed by atoms with Crippen molar-refractivity contribution >= 4 is 5.91 Å². The Morgan fingerprint density at radius 2 is 1.61 bits per heavy atom. The van der Waals surface area contributed by atoms with E-state index in [1.165, 1.54) is 12.1 Å². The maximum atomic E-state index is 12.7. The van der Waals surface area contributed by atoms with Crippen LogP contribution in [0.5, 0.6) is 11.5 Å². The topological polar surface area (TPSA) is 61.6 Å². The highest BCUT2D eigenvalue weighted by Gasteiger charge is 2.33. The molecule has 0 fully saturated rings. The molecule has 4 nitrogen and oxygen atoms in total. The summed E-state index contributed by atoms with van der Waals surface area (Å²) in [4.78, 5) is 11.4. The average Bonchev–Trinajstić information content (AvgIpc) is 2.66. The molecule has 0 saturated heterocycles. The normalized spacial score (nSPS) is 11.1. The van der Waals surface area contributed by atoms with Gasteiger partial charge in [-0.2, -0.15) is 0 Å². The molecule has 0 aliphatic carbocycles. The minimum absolute atomic E-state index is 0.349. The molecule has 144 valence electrons. The zero-order valence-corrected chi connectivity index (χ0v) is 14.6. The summed E-state index contributed by atoms with van der Waals surface area (Å²) < 4.78 is 47.7. The van der Waals surface area contributed by atoms with Gasteiger partial charge in [0.05, 0.1) is 5.56 Å². The van der Waals surface area contributed by atoms with Crippen molar-refractivity contribution in [2.75, 3.05) is 0 Å². The van der Waals surface area contributed by atoms with Gasteiger partial charge in [0.15, 0.2) is 0 Å². The van der Waals surface area contributed by atoms with Gasteiger partial charge in [-0.3, -0.25) is 4.79 Å². The molecule has 0 heterocycles. The highest BCUT2D eigenvalue weighted by atomic mass is 19.4. The SMILES string of the molecule is NC(=O)c1ccc(-c2cccc(OCc3ccccc3)c2)cc1OC(F)(F)F. The molecule has 1 amide bonds. The van der Waals surface area contributed by atoms with Crippen molar-refractivity contribution in [2.24, 2.45) is 5.73 Å². The van der Waals surface area contributed by atoms with E-state index >= 15 is 0 Å². The van der Waals surface area contributed by atoms with Crippen LogP contribution in [0.1, 0.15) is 15.9 Å². The van der Waals surface area contributed by atoms with E-state index < -0.39 is 18.0 Å². The lowest BCUT2D eigenvalue weighted by Gasteiger charge is -2.14. The van der Waals surface area contributed by atoms with Crippen LogP contribution in [0.3, 0.4) is 0 Å². The number of carbonyl (C=O) groups excluding carboxylic acids is 1.